The summed E-state index contributed by atoms with van der Waals surface area (Å²) in [7, 11) is 1.78. The fourth-order valence-corrected chi connectivity index (χ4v) is 4.17. The lowest BCUT2D eigenvalue weighted by atomic mass is 9.98. The van der Waals surface area contributed by atoms with E-state index < -0.39 is 0 Å². The molecule has 2 heterocycles. The number of allylic oxidation sites excluding steroid dienone is 5. The first kappa shape index (κ1) is 21.2. The van der Waals surface area contributed by atoms with E-state index in [1.54, 1.807) is 30.0 Å². The molecule has 3 N–H and O–H groups in total. The van der Waals surface area contributed by atoms with Crippen LogP contribution < -0.4 is 16.2 Å². The van der Waals surface area contributed by atoms with E-state index in [4.69, 9.17) is 15.1 Å². The molecule has 7 heteroatoms. The van der Waals surface area contributed by atoms with E-state index in [1.807, 2.05) is 37.3 Å². The number of fused-ring (bicyclic) bond motifs is 1. The Morgan fingerprint density at radius 3 is 2.73 bits per heavy atom. The van der Waals surface area contributed by atoms with Crippen LogP contribution in [-0.4, -0.2) is 35.1 Å². The molecule has 0 spiro atoms. The van der Waals surface area contributed by atoms with E-state index in [2.05, 4.69) is 22.8 Å². The molecule has 2 aliphatic carbocycles. The SMILES string of the molecule is CCOC1C=Cc2nc(C3=C/C(=C/NC)C(=N)C=C3)c(=O)n(-c3ccc(C4CC4)cc3)c2N1. The van der Waals surface area contributed by atoms with E-state index in [0.29, 0.717) is 46.6 Å². The van der Waals surface area contributed by atoms with Gasteiger partial charge in [0.25, 0.3) is 5.56 Å². The van der Waals surface area contributed by atoms with E-state index in [-0.39, 0.29) is 11.8 Å². The fourth-order valence-electron chi connectivity index (χ4n) is 4.17. The highest BCUT2D eigenvalue weighted by molar-refractivity contribution is 6.12. The van der Waals surface area contributed by atoms with Gasteiger partial charge in [0.1, 0.15) is 23.4 Å². The molecule has 1 unspecified atom stereocenters. The Balaban J connectivity index is 1.67. The second kappa shape index (κ2) is 8.67. The number of hydrogen-bond acceptors (Lipinski definition) is 6. The molecule has 0 saturated heterocycles. The molecular weight excluding hydrogens is 414 g/mol. The van der Waals surface area contributed by atoms with Crippen molar-refractivity contribution in [3.8, 4) is 5.69 Å². The highest BCUT2D eigenvalue weighted by Gasteiger charge is 2.26. The minimum atomic E-state index is -0.328. The largest absolute Gasteiger partial charge is 0.393 e. The van der Waals surface area contributed by atoms with Crippen LogP contribution in [0.25, 0.3) is 17.3 Å². The van der Waals surface area contributed by atoms with Crippen molar-refractivity contribution in [2.45, 2.75) is 31.9 Å². The minimum Gasteiger partial charge on any atom is -0.393 e. The van der Waals surface area contributed by atoms with E-state index in [9.17, 15) is 4.79 Å². The van der Waals surface area contributed by atoms with E-state index in [1.165, 1.54) is 18.4 Å². The van der Waals surface area contributed by atoms with Crippen molar-refractivity contribution in [2.75, 3.05) is 19.0 Å². The van der Waals surface area contributed by atoms with Crippen molar-refractivity contribution in [1.82, 2.24) is 14.9 Å². The first-order chi connectivity index (χ1) is 16.1. The van der Waals surface area contributed by atoms with Gasteiger partial charge in [0.15, 0.2) is 0 Å². The number of rotatable bonds is 6. The molecule has 7 nitrogen and oxygen atoms in total. The molecule has 1 saturated carbocycles. The molecule has 1 fully saturated rings. The smallest absolute Gasteiger partial charge is 0.283 e. The van der Waals surface area contributed by atoms with Crippen LogP contribution in [0.1, 0.15) is 42.6 Å². The van der Waals surface area contributed by atoms with Gasteiger partial charge in [-0.3, -0.25) is 9.36 Å². The topological polar surface area (TPSA) is 92.0 Å². The van der Waals surface area contributed by atoms with Crippen LogP contribution >= 0.6 is 0 Å². The van der Waals surface area contributed by atoms with Crippen molar-refractivity contribution >= 4 is 23.2 Å². The Bertz CT molecular complexity index is 1280. The first-order valence-corrected chi connectivity index (χ1v) is 11.3. The summed E-state index contributed by atoms with van der Waals surface area (Å²) in [5.74, 6) is 1.26. The van der Waals surface area contributed by atoms with Gasteiger partial charge >= 0.3 is 0 Å². The van der Waals surface area contributed by atoms with Gasteiger partial charge in [-0.1, -0.05) is 18.2 Å². The van der Waals surface area contributed by atoms with Crippen molar-refractivity contribution in [1.29, 1.82) is 5.41 Å². The zero-order valence-corrected chi connectivity index (χ0v) is 18.8. The second-order valence-corrected chi connectivity index (χ2v) is 8.32. The Morgan fingerprint density at radius 2 is 2.03 bits per heavy atom. The minimum absolute atomic E-state index is 0.223. The molecule has 0 amide bonds. The predicted molar refractivity (Wildman–Crippen MR) is 132 cm³/mol. The highest BCUT2D eigenvalue weighted by Crippen LogP contribution is 2.40. The average Bonchev–Trinajstić information content (AvgIpc) is 3.67. The Morgan fingerprint density at radius 1 is 1.24 bits per heavy atom. The van der Waals surface area contributed by atoms with Crippen LogP contribution in [0.4, 0.5) is 5.82 Å². The molecular formula is C26H27N5O2. The summed E-state index contributed by atoms with van der Waals surface area (Å²) in [6.07, 6.45) is 13.0. The van der Waals surface area contributed by atoms with Gasteiger partial charge in [0.05, 0.1) is 11.4 Å². The predicted octanol–water partition coefficient (Wildman–Crippen LogP) is 3.99. The standard InChI is InChI=1S/C26H27N5O2/c1-3-33-23-13-12-22-25(30-23)31(20-9-6-17(7-10-20)16-4-5-16)26(32)24(29-22)18-8-11-21(27)19(14-18)15-28-2/h6-16,23,27-28,30H,3-5H2,1-2H3/b19-15-,27-21?. The van der Waals surface area contributed by atoms with Gasteiger partial charge in [-0.05, 0) is 67.7 Å². The quantitative estimate of drug-likeness (QED) is 0.631. The average molecular weight is 442 g/mol. The van der Waals surface area contributed by atoms with Crippen molar-refractivity contribution < 1.29 is 4.74 Å². The van der Waals surface area contributed by atoms with Gasteiger partial charge in [0, 0.05) is 31.0 Å². The molecule has 1 aromatic heterocycles. The van der Waals surface area contributed by atoms with E-state index in [0.717, 1.165) is 5.69 Å². The maximum absolute atomic E-state index is 13.8. The molecule has 1 atom stereocenters. The number of ether oxygens (including phenoxy) is 1. The fraction of sp³-hybridized carbons (Fsp3) is 0.269. The third-order valence-electron chi connectivity index (χ3n) is 5.98. The van der Waals surface area contributed by atoms with Gasteiger partial charge in [-0.15, -0.1) is 0 Å². The van der Waals surface area contributed by atoms with Crippen LogP contribution in [0.2, 0.25) is 0 Å². The summed E-state index contributed by atoms with van der Waals surface area (Å²) in [5, 5.41) is 14.4. The second-order valence-electron chi connectivity index (χ2n) is 8.32. The third-order valence-corrected chi connectivity index (χ3v) is 5.98. The van der Waals surface area contributed by atoms with Crippen LogP contribution in [0.3, 0.4) is 0 Å². The van der Waals surface area contributed by atoms with Crippen LogP contribution in [-0.2, 0) is 4.74 Å². The van der Waals surface area contributed by atoms with Crippen LogP contribution in [0.5, 0.6) is 0 Å². The molecule has 0 bridgehead atoms. The lowest BCUT2D eigenvalue weighted by Crippen LogP contribution is -2.33. The molecule has 3 aliphatic rings. The number of aromatic nitrogens is 2. The van der Waals surface area contributed by atoms with E-state index >= 15 is 0 Å². The van der Waals surface area contributed by atoms with Crippen molar-refractivity contribution in [2.24, 2.45) is 0 Å². The number of nitrogens with one attached hydrogen (secondary N) is 3. The van der Waals surface area contributed by atoms with Gasteiger partial charge in [0.2, 0.25) is 0 Å². The molecule has 1 aliphatic heterocycles. The molecule has 2 aromatic rings. The monoisotopic (exact) mass is 441 g/mol. The van der Waals surface area contributed by atoms with Gasteiger partial charge < -0.3 is 20.8 Å². The lowest BCUT2D eigenvalue weighted by Gasteiger charge is -2.25. The van der Waals surface area contributed by atoms with Crippen molar-refractivity contribution in [3.05, 3.63) is 87.6 Å². The number of hydrogen-bond donors (Lipinski definition) is 3. The number of nitrogens with zero attached hydrogens (tertiary/aromatic N) is 2. The molecule has 1 aromatic carbocycles. The molecule has 33 heavy (non-hydrogen) atoms. The zero-order chi connectivity index (χ0) is 22.9. The summed E-state index contributed by atoms with van der Waals surface area (Å²) in [6.45, 7) is 2.49. The molecule has 5 rings (SSSR count). The third kappa shape index (κ3) is 4.07. The van der Waals surface area contributed by atoms with Gasteiger partial charge in [-0.25, -0.2) is 4.98 Å². The maximum atomic E-state index is 13.8. The first-order valence-electron chi connectivity index (χ1n) is 11.3. The highest BCUT2D eigenvalue weighted by atomic mass is 16.5. The lowest BCUT2D eigenvalue weighted by molar-refractivity contribution is 0.115. The van der Waals surface area contributed by atoms with Crippen LogP contribution in [0.15, 0.2) is 65.1 Å². The number of benzene rings is 1. The summed E-state index contributed by atoms with van der Waals surface area (Å²) in [4.78, 5) is 18.5. The Kier molecular flexibility index (Phi) is 5.56. The summed E-state index contributed by atoms with van der Waals surface area (Å²) in [6, 6.07) is 8.23. The maximum Gasteiger partial charge on any atom is 0.283 e. The summed E-state index contributed by atoms with van der Waals surface area (Å²) >= 11 is 0. The molecule has 0 radical (unpaired) electrons. The normalized spacial score (nSPS) is 20.4. The van der Waals surface area contributed by atoms with Gasteiger partial charge in [-0.2, -0.15) is 0 Å². The van der Waals surface area contributed by atoms with Crippen molar-refractivity contribution in [3.63, 3.8) is 0 Å². The summed E-state index contributed by atoms with van der Waals surface area (Å²) in [5.41, 5.74) is 4.62. The zero-order valence-electron chi connectivity index (χ0n) is 18.8. The Labute approximate surface area is 192 Å². The number of anilines is 1. The molecule has 168 valence electrons. The van der Waals surface area contributed by atoms with Crippen LogP contribution in [0, 0.1) is 5.41 Å². The summed E-state index contributed by atoms with van der Waals surface area (Å²) < 4.78 is 7.41. The Hall–Kier alpha value is -3.71.